The molecule has 0 radical (unpaired) electrons. The summed E-state index contributed by atoms with van der Waals surface area (Å²) >= 11 is 0. The van der Waals surface area contributed by atoms with E-state index in [1.165, 1.54) is 12.1 Å². The number of anilines is 1. The minimum atomic E-state index is -0.917. The maximum absolute atomic E-state index is 13.3. The molecule has 18 heavy (non-hydrogen) atoms. The summed E-state index contributed by atoms with van der Waals surface area (Å²) in [6, 6.07) is 6.36. The minimum absolute atomic E-state index is 0.196. The third kappa shape index (κ3) is 2.65. The molecule has 6 heteroatoms. The molecular formula is C12H7F3N2O. The Hall–Kier alpha value is -2.37. The summed E-state index contributed by atoms with van der Waals surface area (Å²) in [7, 11) is 0. The van der Waals surface area contributed by atoms with Crippen molar-refractivity contribution in [3.63, 3.8) is 0 Å². The van der Waals surface area contributed by atoms with Gasteiger partial charge in [-0.1, -0.05) is 6.07 Å². The van der Waals surface area contributed by atoms with Gasteiger partial charge in [-0.2, -0.15) is 4.39 Å². The van der Waals surface area contributed by atoms with E-state index in [1.54, 1.807) is 0 Å². The molecular weight excluding hydrogens is 245 g/mol. The van der Waals surface area contributed by atoms with Crippen LogP contribution >= 0.6 is 0 Å². The summed E-state index contributed by atoms with van der Waals surface area (Å²) in [6.45, 7) is 0. The molecule has 92 valence electrons. The summed E-state index contributed by atoms with van der Waals surface area (Å²) in [6.07, 6.45) is 0. The molecule has 0 saturated heterocycles. The number of aromatic nitrogens is 1. The molecule has 0 aliphatic rings. The predicted molar refractivity (Wildman–Crippen MR) is 58.5 cm³/mol. The van der Waals surface area contributed by atoms with Crippen LogP contribution in [-0.4, -0.2) is 10.9 Å². The quantitative estimate of drug-likeness (QED) is 0.835. The van der Waals surface area contributed by atoms with Crippen molar-refractivity contribution in [2.45, 2.75) is 0 Å². The molecule has 0 atom stereocenters. The topological polar surface area (TPSA) is 42.0 Å². The second-order valence-corrected chi connectivity index (χ2v) is 3.42. The third-order valence-electron chi connectivity index (χ3n) is 2.13. The zero-order valence-electron chi connectivity index (χ0n) is 8.95. The van der Waals surface area contributed by atoms with Gasteiger partial charge in [0.2, 0.25) is 5.95 Å². The maximum atomic E-state index is 13.3. The lowest BCUT2D eigenvalue weighted by Crippen LogP contribution is -2.15. The highest BCUT2D eigenvalue weighted by molar-refractivity contribution is 6.02. The van der Waals surface area contributed by atoms with Crippen molar-refractivity contribution in [1.82, 2.24) is 4.98 Å². The van der Waals surface area contributed by atoms with Gasteiger partial charge in [0, 0.05) is 6.07 Å². The number of carbonyl (C=O) groups is 1. The van der Waals surface area contributed by atoms with E-state index in [0.717, 1.165) is 18.2 Å². The van der Waals surface area contributed by atoms with E-state index in [0.29, 0.717) is 6.07 Å². The van der Waals surface area contributed by atoms with Crippen LogP contribution in [0.3, 0.4) is 0 Å². The summed E-state index contributed by atoms with van der Waals surface area (Å²) in [5, 5.41) is 2.17. The number of hydrogen-bond donors (Lipinski definition) is 1. The normalized spacial score (nSPS) is 10.2. The summed E-state index contributed by atoms with van der Waals surface area (Å²) in [5.41, 5.74) is -0.397. The van der Waals surface area contributed by atoms with Crippen LogP contribution in [0.25, 0.3) is 0 Å². The van der Waals surface area contributed by atoms with Crippen molar-refractivity contribution in [2.24, 2.45) is 0 Å². The Morgan fingerprint density at radius 1 is 1.11 bits per heavy atom. The lowest BCUT2D eigenvalue weighted by molar-refractivity contribution is 0.102. The van der Waals surface area contributed by atoms with Crippen LogP contribution in [0.5, 0.6) is 0 Å². The number of halogens is 3. The highest BCUT2D eigenvalue weighted by atomic mass is 19.1. The Bertz CT molecular complexity index is 602. The number of pyridine rings is 1. The monoisotopic (exact) mass is 252 g/mol. The highest BCUT2D eigenvalue weighted by Crippen LogP contribution is 2.15. The predicted octanol–water partition coefficient (Wildman–Crippen LogP) is 2.75. The molecule has 2 rings (SSSR count). The minimum Gasteiger partial charge on any atom is -0.318 e. The van der Waals surface area contributed by atoms with Crippen molar-refractivity contribution in [3.8, 4) is 0 Å². The van der Waals surface area contributed by atoms with Crippen LogP contribution in [0.1, 0.15) is 10.5 Å². The first-order valence-electron chi connectivity index (χ1n) is 4.95. The molecule has 0 unspecified atom stereocenters. The van der Waals surface area contributed by atoms with Crippen molar-refractivity contribution in [1.29, 1.82) is 0 Å². The van der Waals surface area contributed by atoms with E-state index >= 15 is 0 Å². The van der Waals surface area contributed by atoms with Crippen LogP contribution in [0.15, 0.2) is 36.4 Å². The number of hydrogen-bond acceptors (Lipinski definition) is 2. The van der Waals surface area contributed by atoms with E-state index < -0.39 is 23.5 Å². The Balaban J connectivity index is 2.21. The van der Waals surface area contributed by atoms with Crippen molar-refractivity contribution < 1.29 is 18.0 Å². The van der Waals surface area contributed by atoms with Crippen molar-refractivity contribution >= 4 is 11.6 Å². The largest absolute Gasteiger partial charge is 0.318 e. The Morgan fingerprint density at radius 3 is 2.56 bits per heavy atom. The summed E-state index contributed by atoms with van der Waals surface area (Å²) < 4.78 is 38.7. The second kappa shape index (κ2) is 4.87. The molecule has 1 aromatic carbocycles. The lowest BCUT2D eigenvalue weighted by Gasteiger charge is -2.05. The zero-order valence-corrected chi connectivity index (χ0v) is 8.95. The van der Waals surface area contributed by atoms with Gasteiger partial charge >= 0.3 is 0 Å². The van der Waals surface area contributed by atoms with Crippen LogP contribution in [0.2, 0.25) is 0 Å². The van der Waals surface area contributed by atoms with Crippen molar-refractivity contribution in [3.05, 3.63) is 59.7 Å². The molecule has 0 saturated carbocycles. The fourth-order valence-corrected chi connectivity index (χ4v) is 1.31. The number of nitrogens with zero attached hydrogens (tertiary/aromatic N) is 1. The number of carbonyl (C=O) groups excluding carboxylic acids is 1. The highest BCUT2D eigenvalue weighted by Gasteiger charge is 2.11. The van der Waals surface area contributed by atoms with E-state index in [9.17, 15) is 18.0 Å². The van der Waals surface area contributed by atoms with Gasteiger partial charge in [-0.15, -0.1) is 0 Å². The molecule has 1 aromatic heterocycles. The van der Waals surface area contributed by atoms with Gasteiger partial charge in [0.25, 0.3) is 5.91 Å². The van der Waals surface area contributed by atoms with Crippen LogP contribution < -0.4 is 5.32 Å². The Morgan fingerprint density at radius 2 is 1.89 bits per heavy atom. The summed E-state index contributed by atoms with van der Waals surface area (Å²) in [5.74, 6) is -3.27. The fourth-order valence-electron chi connectivity index (χ4n) is 1.31. The smallest absolute Gasteiger partial charge is 0.274 e. The first kappa shape index (κ1) is 12.1. The average molecular weight is 252 g/mol. The molecule has 0 fully saturated rings. The first-order valence-corrected chi connectivity index (χ1v) is 4.95. The third-order valence-corrected chi connectivity index (χ3v) is 2.13. The molecule has 1 N–H and O–H groups in total. The van der Waals surface area contributed by atoms with E-state index in [2.05, 4.69) is 10.3 Å². The fraction of sp³-hybridized carbons (Fsp3) is 0. The standard InChI is InChI=1S/C12H7F3N2O/c13-7-4-5-9(8(14)6-7)17-12(18)10-2-1-3-11(15)16-10/h1-6H,(H,17,18). The zero-order chi connectivity index (χ0) is 13.1. The molecule has 3 nitrogen and oxygen atoms in total. The van der Waals surface area contributed by atoms with Gasteiger partial charge < -0.3 is 5.32 Å². The number of nitrogens with one attached hydrogen (secondary N) is 1. The second-order valence-electron chi connectivity index (χ2n) is 3.42. The summed E-state index contributed by atoms with van der Waals surface area (Å²) in [4.78, 5) is 14.9. The van der Waals surface area contributed by atoms with Crippen LogP contribution in [0.4, 0.5) is 18.9 Å². The molecule has 0 aliphatic carbocycles. The van der Waals surface area contributed by atoms with E-state index in [4.69, 9.17) is 0 Å². The van der Waals surface area contributed by atoms with E-state index in [1.807, 2.05) is 0 Å². The van der Waals surface area contributed by atoms with Gasteiger partial charge in [-0.05, 0) is 24.3 Å². The molecule has 0 spiro atoms. The first-order chi connectivity index (χ1) is 8.56. The number of amides is 1. The van der Waals surface area contributed by atoms with Crippen LogP contribution in [-0.2, 0) is 0 Å². The maximum Gasteiger partial charge on any atom is 0.274 e. The molecule has 1 amide bonds. The Labute approximate surface area is 100 Å². The van der Waals surface area contributed by atoms with Gasteiger partial charge in [0.15, 0.2) is 0 Å². The average Bonchev–Trinajstić information content (AvgIpc) is 2.32. The van der Waals surface area contributed by atoms with Gasteiger partial charge in [-0.3, -0.25) is 4.79 Å². The molecule has 2 aromatic rings. The molecule has 0 aliphatic heterocycles. The van der Waals surface area contributed by atoms with Gasteiger partial charge in [0.1, 0.15) is 17.3 Å². The number of rotatable bonds is 2. The van der Waals surface area contributed by atoms with E-state index in [-0.39, 0.29) is 11.4 Å². The van der Waals surface area contributed by atoms with Gasteiger partial charge in [0.05, 0.1) is 5.69 Å². The lowest BCUT2D eigenvalue weighted by atomic mass is 10.2. The molecule has 1 heterocycles. The Kier molecular flexibility index (Phi) is 3.27. The van der Waals surface area contributed by atoms with Gasteiger partial charge in [-0.25, -0.2) is 13.8 Å². The molecule has 0 bridgehead atoms. The number of benzene rings is 1. The van der Waals surface area contributed by atoms with Crippen LogP contribution in [0, 0.1) is 17.6 Å². The SMILES string of the molecule is O=C(Nc1ccc(F)cc1F)c1cccc(F)n1. The van der Waals surface area contributed by atoms with Crippen molar-refractivity contribution in [2.75, 3.05) is 5.32 Å².